The van der Waals surface area contributed by atoms with E-state index in [1.165, 1.54) is 4.90 Å². The van der Waals surface area contributed by atoms with Crippen molar-refractivity contribution in [1.82, 2.24) is 10.2 Å². The Morgan fingerprint density at radius 3 is 2.39 bits per heavy atom. The van der Waals surface area contributed by atoms with Crippen LogP contribution in [0.1, 0.15) is 34.1 Å². The Hall–Kier alpha value is -1.03. The third-order valence-corrected chi connectivity index (χ3v) is 3.21. The lowest BCUT2D eigenvalue weighted by atomic mass is 9.83. The first kappa shape index (κ1) is 15.0. The van der Waals surface area contributed by atoms with Gasteiger partial charge in [0.2, 0.25) is 11.8 Å². The predicted molar refractivity (Wildman–Crippen MR) is 72.2 cm³/mol. The normalized spacial score (nSPS) is 25.1. The topological polar surface area (TPSA) is 49.4 Å². The largest absolute Gasteiger partial charge is 0.342 e. The molecule has 1 aliphatic heterocycles. The van der Waals surface area contributed by atoms with Crippen LogP contribution in [-0.4, -0.2) is 35.3 Å². The molecule has 2 atom stereocenters. The van der Waals surface area contributed by atoms with Gasteiger partial charge in [0, 0.05) is 5.03 Å². The maximum Gasteiger partial charge on any atom is 0.246 e. The monoisotopic (exact) mass is 272 g/mol. The Balaban J connectivity index is 3.04. The molecule has 0 spiro atoms. The van der Waals surface area contributed by atoms with Gasteiger partial charge in [0.05, 0.1) is 6.54 Å². The average molecular weight is 273 g/mol. The van der Waals surface area contributed by atoms with Gasteiger partial charge in [0.1, 0.15) is 12.1 Å². The second kappa shape index (κ2) is 5.31. The Bertz CT molecular complexity index is 374. The van der Waals surface area contributed by atoms with Crippen molar-refractivity contribution >= 4 is 23.4 Å². The summed E-state index contributed by atoms with van der Waals surface area (Å²) in [6.07, 6.45) is 0.568. The lowest BCUT2D eigenvalue weighted by Gasteiger charge is -2.43. The van der Waals surface area contributed by atoms with E-state index in [9.17, 15) is 9.59 Å². The van der Waals surface area contributed by atoms with Gasteiger partial charge in [-0.2, -0.15) is 0 Å². The van der Waals surface area contributed by atoms with E-state index in [4.69, 9.17) is 11.6 Å². The van der Waals surface area contributed by atoms with Crippen LogP contribution in [0.2, 0.25) is 0 Å². The van der Waals surface area contributed by atoms with Gasteiger partial charge in [-0.1, -0.05) is 45.9 Å². The zero-order valence-corrected chi connectivity index (χ0v) is 12.2. The van der Waals surface area contributed by atoms with E-state index in [0.717, 1.165) is 0 Å². The molecular weight excluding hydrogens is 252 g/mol. The number of piperazine rings is 1. The number of rotatable bonds is 3. The van der Waals surface area contributed by atoms with Gasteiger partial charge in [-0.05, 0) is 11.8 Å². The lowest BCUT2D eigenvalue weighted by molar-refractivity contribution is -0.151. The van der Waals surface area contributed by atoms with E-state index >= 15 is 0 Å². The molecule has 1 saturated heterocycles. The maximum absolute atomic E-state index is 12.4. The minimum atomic E-state index is -0.510. The fourth-order valence-electron chi connectivity index (χ4n) is 2.13. The standard InChI is InChI=1S/C13H21ClN2O2/c1-6-9-11(17)15-10(13(3,4)5)12(18)16(9)7-8(2)14/h9-10H,2,6-7H2,1,3-5H3,(H,15,17). The van der Waals surface area contributed by atoms with Crippen LogP contribution in [0.5, 0.6) is 0 Å². The molecule has 0 bridgehead atoms. The zero-order valence-electron chi connectivity index (χ0n) is 11.4. The number of nitrogens with zero attached hydrogens (tertiary/aromatic N) is 1. The first-order chi connectivity index (χ1) is 8.18. The van der Waals surface area contributed by atoms with E-state index in [1.54, 1.807) is 0 Å². The van der Waals surface area contributed by atoms with Crippen molar-refractivity contribution in [1.29, 1.82) is 0 Å². The summed E-state index contributed by atoms with van der Waals surface area (Å²) in [6, 6.07) is -0.963. The summed E-state index contributed by atoms with van der Waals surface area (Å²) >= 11 is 5.79. The molecule has 0 aromatic heterocycles. The van der Waals surface area contributed by atoms with Gasteiger partial charge in [-0.25, -0.2) is 0 Å². The van der Waals surface area contributed by atoms with E-state index in [-0.39, 0.29) is 23.8 Å². The highest BCUT2D eigenvalue weighted by Gasteiger charge is 2.44. The molecule has 1 N–H and O–H groups in total. The molecule has 2 amide bonds. The zero-order chi connectivity index (χ0) is 14.1. The van der Waals surface area contributed by atoms with E-state index in [0.29, 0.717) is 11.5 Å². The third-order valence-electron chi connectivity index (χ3n) is 3.09. The highest BCUT2D eigenvalue weighted by molar-refractivity contribution is 6.29. The molecule has 18 heavy (non-hydrogen) atoms. The van der Waals surface area contributed by atoms with Crippen molar-refractivity contribution in [3.8, 4) is 0 Å². The summed E-state index contributed by atoms with van der Waals surface area (Å²) in [5, 5.41) is 3.17. The molecule has 1 rings (SSSR count). The van der Waals surface area contributed by atoms with Gasteiger partial charge in [0.15, 0.2) is 0 Å². The summed E-state index contributed by atoms with van der Waals surface area (Å²) in [6.45, 7) is 11.5. The fourth-order valence-corrected chi connectivity index (χ4v) is 2.26. The van der Waals surface area contributed by atoms with Gasteiger partial charge in [0.25, 0.3) is 0 Å². The average Bonchev–Trinajstić information content (AvgIpc) is 2.21. The minimum absolute atomic E-state index is 0.0873. The van der Waals surface area contributed by atoms with Crippen molar-refractivity contribution in [2.45, 2.75) is 46.2 Å². The smallest absolute Gasteiger partial charge is 0.246 e. The van der Waals surface area contributed by atoms with Crippen molar-refractivity contribution < 1.29 is 9.59 Å². The number of amides is 2. The molecule has 0 aliphatic carbocycles. The highest BCUT2D eigenvalue weighted by atomic mass is 35.5. The number of nitrogens with one attached hydrogen (secondary N) is 1. The van der Waals surface area contributed by atoms with Gasteiger partial charge >= 0.3 is 0 Å². The van der Waals surface area contributed by atoms with E-state index in [1.807, 2.05) is 27.7 Å². The summed E-state index contributed by atoms with van der Waals surface area (Å²) in [5.41, 5.74) is -0.322. The fraction of sp³-hybridized carbons (Fsp3) is 0.692. The summed E-state index contributed by atoms with van der Waals surface area (Å²) in [5.74, 6) is -0.203. The second-order valence-electron chi connectivity index (χ2n) is 5.72. The highest BCUT2D eigenvalue weighted by Crippen LogP contribution is 2.26. The minimum Gasteiger partial charge on any atom is -0.342 e. The predicted octanol–water partition coefficient (Wildman–Crippen LogP) is 1.89. The van der Waals surface area contributed by atoms with Crippen molar-refractivity contribution in [3.63, 3.8) is 0 Å². The van der Waals surface area contributed by atoms with Crippen LogP contribution in [0.15, 0.2) is 11.6 Å². The molecule has 1 heterocycles. The number of hydrogen-bond acceptors (Lipinski definition) is 2. The van der Waals surface area contributed by atoms with Crippen LogP contribution in [0.3, 0.4) is 0 Å². The van der Waals surface area contributed by atoms with Crippen molar-refractivity contribution in [3.05, 3.63) is 11.6 Å². The van der Waals surface area contributed by atoms with Crippen molar-refractivity contribution in [2.75, 3.05) is 6.54 Å². The molecule has 1 aliphatic rings. The SMILES string of the molecule is C=C(Cl)CN1C(=O)C(C(C)(C)C)NC(=O)C1CC. The Labute approximate surface area is 113 Å². The number of carbonyl (C=O) groups is 2. The summed E-state index contributed by atoms with van der Waals surface area (Å²) in [7, 11) is 0. The third kappa shape index (κ3) is 3.05. The molecule has 0 aromatic carbocycles. The van der Waals surface area contributed by atoms with Crippen LogP contribution in [-0.2, 0) is 9.59 Å². The van der Waals surface area contributed by atoms with Gasteiger partial charge in [-0.15, -0.1) is 0 Å². The Morgan fingerprint density at radius 2 is 2.00 bits per heavy atom. The van der Waals surface area contributed by atoms with E-state index in [2.05, 4.69) is 11.9 Å². The molecular formula is C13H21ClN2O2. The molecule has 1 fully saturated rings. The van der Waals surface area contributed by atoms with Gasteiger partial charge in [-0.3, -0.25) is 9.59 Å². The summed E-state index contributed by atoms with van der Waals surface area (Å²) < 4.78 is 0. The molecule has 0 saturated carbocycles. The quantitative estimate of drug-likeness (QED) is 0.853. The lowest BCUT2D eigenvalue weighted by Crippen LogP contribution is -2.66. The molecule has 2 unspecified atom stereocenters. The Morgan fingerprint density at radius 1 is 1.44 bits per heavy atom. The van der Waals surface area contributed by atoms with Gasteiger partial charge < -0.3 is 10.2 Å². The van der Waals surface area contributed by atoms with E-state index < -0.39 is 12.1 Å². The summed E-state index contributed by atoms with van der Waals surface area (Å²) in [4.78, 5) is 26.0. The first-order valence-electron chi connectivity index (χ1n) is 6.12. The molecule has 0 radical (unpaired) electrons. The molecule has 102 valence electrons. The number of hydrogen-bond donors (Lipinski definition) is 1. The first-order valence-corrected chi connectivity index (χ1v) is 6.50. The molecule has 0 aromatic rings. The van der Waals surface area contributed by atoms with Crippen LogP contribution >= 0.6 is 11.6 Å². The molecule has 5 heteroatoms. The second-order valence-corrected chi connectivity index (χ2v) is 6.25. The van der Waals surface area contributed by atoms with Crippen LogP contribution < -0.4 is 5.32 Å². The Kier molecular flexibility index (Phi) is 4.43. The number of halogens is 1. The maximum atomic E-state index is 12.4. The van der Waals surface area contributed by atoms with Crippen molar-refractivity contribution in [2.24, 2.45) is 5.41 Å². The van der Waals surface area contributed by atoms with Crippen LogP contribution in [0.4, 0.5) is 0 Å². The van der Waals surface area contributed by atoms with Crippen LogP contribution in [0, 0.1) is 5.41 Å². The number of carbonyl (C=O) groups excluding carboxylic acids is 2. The molecule has 4 nitrogen and oxygen atoms in total. The van der Waals surface area contributed by atoms with Crippen LogP contribution in [0.25, 0.3) is 0 Å².